The number of fused-ring (bicyclic) bond motifs is 6. The van der Waals surface area contributed by atoms with Crippen LogP contribution in [0.3, 0.4) is 0 Å². The lowest BCUT2D eigenvalue weighted by atomic mass is 9.35. The van der Waals surface area contributed by atoms with Gasteiger partial charge in [-0.25, -0.2) is 0 Å². The number of aliphatic hydroxyl groups is 1. The monoisotopic (exact) mass is 501 g/mol. The molecule has 2 aliphatic heterocycles. The van der Waals surface area contributed by atoms with Crippen molar-refractivity contribution in [3.63, 3.8) is 0 Å². The van der Waals surface area contributed by atoms with E-state index in [2.05, 4.69) is 39.5 Å². The first-order chi connectivity index (χ1) is 16.8. The van der Waals surface area contributed by atoms with Gasteiger partial charge in [-0.3, -0.25) is 19.3 Å². The number of rotatable bonds is 2. The number of esters is 1. The molecule has 6 nitrogen and oxygen atoms in total. The van der Waals surface area contributed by atoms with Gasteiger partial charge in [0.25, 0.3) is 0 Å². The third kappa shape index (κ3) is 3.75. The number of carbonyl (C=O) groups is 3. The summed E-state index contributed by atoms with van der Waals surface area (Å²) in [5.41, 5.74) is -1.19. The molecule has 2 saturated heterocycles. The molecule has 202 valence electrons. The Morgan fingerprint density at radius 3 is 2.47 bits per heavy atom. The highest BCUT2D eigenvalue weighted by atomic mass is 16.5. The quantitative estimate of drug-likeness (QED) is 0.564. The molecule has 11 unspecified atom stereocenters. The Labute approximate surface area is 216 Å². The molecule has 0 spiro atoms. The van der Waals surface area contributed by atoms with Crippen molar-refractivity contribution >= 4 is 17.5 Å². The third-order valence-corrected chi connectivity index (χ3v) is 12.0. The molecule has 5 fully saturated rings. The van der Waals surface area contributed by atoms with E-state index >= 15 is 0 Å². The second-order valence-corrected chi connectivity index (χ2v) is 14.3. The number of piperidine rings is 1. The fraction of sp³-hybridized carbons (Fsp3) is 0.900. The van der Waals surface area contributed by atoms with Crippen molar-refractivity contribution in [1.82, 2.24) is 4.90 Å². The number of hydrogen-bond acceptors (Lipinski definition) is 6. The van der Waals surface area contributed by atoms with Crippen molar-refractivity contribution in [2.45, 2.75) is 111 Å². The minimum absolute atomic E-state index is 0.158. The van der Waals surface area contributed by atoms with E-state index in [1.54, 1.807) is 0 Å². The van der Waals surface area contributed by atoms with Gasteiger partial charge in [0.2, 0.25) is 0 Å². The van der Waals surface area contributed by atoms with Crippen LogP contribution >= 0.6 is 0 Å². The molecule has 5 aliphatic rings. The number of hydrogen-bond donors (Lipinski definition) is 1. The van der Waals surface area contributed by atoms with Gasteiger partial charge in [-0.2, -0.15) is 0 Å². The highest BCUT2D eigenvalue weighted by Gasteiger charge is 2.71. The summed E-state index contributed by atoms with van der Waals surface area (Å²) in [6.45, 7) is 11.8. The van der Waals surface area contributed by atoms with E-state index < -0.39 is 5.41 Å². The van der Waals surface area contributed by atoms with Gasteiger partial charge in [0.1, 0.15) is 11.6 Å². The first kappa shape index (κ1) is 26.3. The summed E-state index contributed by atoms with van der Waals surface area (Å²) in [6.07, 6.45) is 6.50. The number of ether oxygens (including phenoxy) is 1. The predicted molar refractivity (Wildman–Crippen MR) is 137 cm³/mol. The van der Waals surface area contributed by atoms with Gasteiger partial charge in [0, 0.05) is 43.3 Å². The Bertz CT molecular complexity index is 934. The van der Waals surface area contributed by atoms with Crippen molar-refractivity contribution in [3.8, 4) is 0 Å². The SMILES string of the molecule is COC(=O)CC1(C)C2C(=O)CC3C(=O)CC(C)CC3C2(C)CC2N3CC(O)CC(C)CC3CCC21C. The summed E-state index contributed by atoms with van der Waals surface area (Å²) < 4.78 is 5.23. The number of ketones is 2. The van der Waals surface area contributed by atoms with Crippen molar-refractivity contribution in [3.05, 3.63) is 0 Å². The summed E-state index contributed by atoms with van der Waals surface area (Å²) in [5.74, 6) is 0.697. The standard InChI is InChI=1S/C30H47NO5/c1-17-9-19-7-8-29(4)25(31(19)16-20(32)10-17)14-28(3)22-11-18(2)12-23(33)21(22)13-24(34)27(28)30(29,5)15-26(35)36-6/h17-22,25,27,32H,7-16H2,1-6H3. The highest BCUT2D eigenvalue weighted by Crippen LogP contribution is 2.71. The van der Waals surface area contributed by atoms with Gasteiger partial charge in [0.15, 0.2) is 0 Å². The van der Waals surface area contributed by atoms with Crippen LogP contribution in [0.1, 0.15) is 92.4 Å². The summed E-state index contributed by atoms with van der Waals surface area (Å²) in [4.78, 5) is 42.9. The molecule has 11 atom stereocenters. The van der Waals surface area contributed by atoms with Gasteiger partial charge >= 0.3 is 5.97 Å². The highest BCUT2D eigenvalue weighted by molar-refractivity contribution is 5.93. The van der Waals surface area contributed by atoms with Gasteiger partial charge in [-0.15, -0.1) is 0 Å². The number of methoxy groups -OCH3 is 1. The lowest BCUT2D eigenvalue weighted by molar-refractivity contribution is -0.226. The minimum Gasteiger partial charge on any atom is -0.469 e. The van der Waals surface area contributed by atoms with Crippen LogP contribution in [0.15, 0.2) is 0 Å². The van der Waals surface area contributed by atoms with Gasteiger partial charge in [-0.05, 0) is 72.5 Å². The van der Waals surface area contributed by atoms with E-state index in [1.807, 2.05) is 0 Å². The minimum atomic E-state index is -0.572. The molecular formula is C30H47NO5. The second kappa shape index (κ2) is 8.90. The Balaban J connectivity index is 1.65. The van der Waals surface area contributed by atoms with Crippen LogP contribution < -0.4 is 0 Å². The van der Waals surface area contributed by atoms with E-state index in [9.17, 15) is 19.5 Å². The Morgan fingerprint density at radius 2 is 1.78 bits per heavy atom. The number of nitrogens with zero attached hydrogens (tertiary/aromatic N) is 1. The van der Waals surface area contributed by atoms with Crippen LogP contribution in [0.25, 0.3) is 0 Å². The van der Waals surface area contributed by atoms with E-state index in [-0.39, 0.29) is 64.7 Å². The van der Waals surface area contributed by atoms with Gasteiger partial charge in [0.05, 0.1) is 19.6 Å². The Morgan fingerprint density at radius 1 is 1.06 bits per heavy atom. The lowest BCUT2D eigenvalue weighted by Gasteiger charge is -2.71. The number of carbonyl (C=O) groups excluding carboxylic acids is 3. The van der Waals surface area contributed by atoms with Gasteiger partial charge in [-0.1, -0.05) is 34.6 Å². The molecule has 6 heteroatoms. The molecule has 0 bridgehead atoms. The maximum atomic E-state index is 14.1. The van der Waals surface area contributed by atoms with E-state index in [4.69, 9.17) is 4.74 Å². The van der Waals surface area contributed by atoms with Crippen molar-refractivity contribution in [1.29, 1.82) is 0 Å². The van der Waals surface area contributed by atoms with Crippen molar-refractivity contribution in [2.24, 2.45) is 45.8 Å². The van der Waals surface area contributed by atoms with Crippen LogP contribution in [0.4, 0.5) is 0 Å². The topological polar surface area (TPSA) is 83.9 Å². The molecule has 3 saturated carbocycles. The molecule has 5 rings (SSSR count). The van der Waals surface area contributed by atoms with E-state index in [0.29, 0.717) is 37.3 Å². The zero-order valence-corrected chi connectivity index (χ0v) is 23.2. The average molecular weight is 502 g/mol. The van der Waals surface area contributed by atoms with Crippen molar-refractivity contribution < 1.29 is 24.2 Å². The predicted octanol–water partition coefficient (Wildman–Crippen LogP) is 4.42. The molecule has 0 aromatic carbocycles. The van der Waals surface area contributed by atoms with Gasteiger partial charge < -0.3 is 9.84 Å². The molecule has 0 amide bonds. The van der Waals surface area contributed by atoms with Crippen molar-refractivity contribution in [2.75, 3.05) is 13.7 Å². The normalized spacial score (nSPS) is 51.3. The second-order valence-electron chi connectivity index (χ2n) is 14.3. The molecule has 3 aliphatic carbocycles. The summed E-state index contributed by atoms with van der Waals surface area (Å²) >= 11 is 0. The maximum Gasteiger partial charge on any atom is 0.306 e. The van der Waals surface area contributed by atoms with E-state index in [1.165, 1.54) is 7.11 Å². The first-order valence-corrected chi connectivity index (χ1v) is 14.4. The maximum absolute atomic E-state index is 14.1. The molecule has 2 heterocycles. The summed E-state index contributed by atoms with van der Waals surface area (Å²) in [6, 6.07) is 0.575. The Kier molecular flexibility index (Phi) is 6.51. The van der Waals surface area contributed by atoms with Crippen LogP contribution in [-0.2, 0) is 19.1 Å². The zero-order chi connectivity index (χ0) is 26.2. The van der Waals surface area contributed by atoms with E-state index in [0.717, 1.165) is 38.5 Å². The van der Waals surface area contributed by atoms with Crippen LogP contribution in [0, 0.1) is 45.8 Å². The molecular weight excluding hydrogens is 454 g/mol. The molecule has 0 aromatic rings. The summed E-state index contributed by atoms with van der Waals surface area (Å²) in [7, 11) is 1.44. The smallest absolute Gasteiger partial charge is 0.306 e. The largest absolute Gasteiger partial charge is 0.469 e. The average Bonchev–Trinajstić information content (AvgIpc) is 2.92. The number of Topliss-reactive ketones (excluding diaryl/α,β-unsaturated/α-hetero) is 2. The fourth-order valence-corrected chi connectivity index (χ4v) is 10.4. The molecule has 0 aromatic heterocycles. The fourth-order valence-electron chi connectivity index (χ4n) is 10.4. The van der Waals surface area contributed by atoms with Crippen LogP contribution in [0.5, 0.6) is 0 Å². The molecule has 1 N–H and O–H groups in total. The molecule has 36 heavy (non-hydrogen) atoms. The van der Waals surface area contributed by atoms with Crippen LogP contribution in [-0.4, -0.2) is 59.4 Å². The molecule has 0 radical (unpaired) electrons. The third-order valence-electron chi connectivity index (χ3n) is 12.0. The zero-order valence-electron chi connectivity index (χ0n) is 23.2. The number of aliphatic hydroxyl groups excluding tert-OH is 1. The summed E-state index contributed by atoms with van der Waals surface area (Å²) in [5, 5.41) is 11.0. The Hall–Kier alpha value is -1.27. The van der Waals surface area contributed by atoms with Crippen LogP contribution in [0.2, 0.25) is 0 Å². The first-order valence-electron chi connectivity index (χ1n) is 14.4. The lowest BCUT2D eigenvalue weighted by Crippen LogP contribution is -2.73.